The van der Waals surface area contributed by atoms with Gasteiger partial charge >= 0.3 is 0 Å². The number of hydrogen-bond acceptors (Lipinski definition) is 3. The van der Waals surface area contributed by atoms with Gasteiger partial charge in [-0.1, -0.05) is 6.92 Å². The van der Waals surface area contributed by atoms with Crippen LogP contribution in [-0.2, 0) is 0 Å². The standard InChI is InChI=1S/C11H21NS2/c1-8-6-14-7-11(8)12-9-3-4-10(5-9)13-2/h8-12H,3-7H2,1-2H3. The zero-order chi connectivity index (χ0) is 9.97. The molecule has 0 aromatic rings. The zero-order valence-corrected chi connectivity index (χ0v) is 10.8. The maximum absolute atomic E-state index is 3.86. The van der Waals surface area contributed by atoms with E-state index < -0.39 is 0 Å². The van der Waals surface area contributed by atoms with Crippen LogP contribution in [0.5, 0.6) is 0 Å². The Bertz CT molecular complexity index is 186. The second kappa shape index (κ2) is 5.13. The van der Waals surface area contributed by atoms with Gasteiger partial charge in [0.05, 0.1) is 0 Å². The van der Waals surface area contributed by atoms with E-state index in [-0.39, 0.29) is 0 Å². The summed E-state index contributed by atoms with van der Waals surface area (Å²) in [6.07, 6.45) is 6.47. The second-order valence-corrected chi connectivity index (χ2v) is 6.87. The molecule has 4 unspecified atom stereocenters. The predicted octanol–water partition coefficient (Wildman–Crippen LogP) is 2.61. The van der Waals surface area contributed by atoms with Crippen LogP contribution in [0.2, 0.25) is 0 Å². The summed E-state index contributed by atoms with van der Waals surface area (Å²) in [7, 11) is 0. The summed E-state index contributed by atoms with van der Waals surface area (Å²) in [5.41, 5.74) is 0. The van der Waals surface area contributed by atoms with Gasteiger partial charge in [-0.25, -0.2) is 0 Å². The molecule has 0 amide bonds. The summed E-state index contributed by atoms with van der Waals surface area (Å²) in [5, 5.41) is 4.79. The van der Waals surface area contributed by atoms with Crippen molar-refractivity contribution in [1.29, 1.82) is 0 Å². The lowest BCUT2D eigenvalue weighted by Crippen LogP contribution is -2.40. The molecule has 1 N–H and O–H groups in total. The van der Waals surface area contributed by atoms with Crippen LogP contribution >= 0.6 is 23.5 Å². The molecule has 3 heteroatoms. The maximum atomic E-state index is 3.86. The molecule has 14 heavy (non-hydrogen) atoms. The van der Waals surface area contributed by atoms with Crippen LogP contribution in [-0.4, -0.2) is 35.1 Å². The van der Waals surface area contributed by atoms with Crippen LogP contribution in [0, 0.1) is 5.92 Å². The van der Waals surface area contributed by atoms with Gasteiger partial charge in [0.25, 0.3) is 0 Å². The molecule has 2 fully saturated rings. The summed E-state index contributed by atoms with van der Waals surface area (Å²) < 4.78 is 0. The van der Waals surface area contributed by atoms with Gasteiger partial charge in [0.15, 0.2) is 0 Å². The van der Waals surface area contributed by atoms with Crippen molar-refractivity contribution in [2.75, 3.05) is 17.8 Å². The van der Waals surface area contributed by atoms with Gasteiger partial charge in [-0.3, -0.25) is 0 Å². The third-order valence-electron chi connectivity index (χ3n) is 3.53. The molecule has 1 saturated carbocycles. The predicted molar refractivity (Wildman–Crippen MR) is 68.4 cm³/mol. The fourth-order valence-electron chi connectivity index (χ4n) is 2.48. The molecule has 1 saturated heterocycles. The van der Waals surface area contributed by atoms with Crippen LogP contribution in [0.3, 0.4) is 0 Å². The Morgan fingerprint density at radius 2 is 2.14 bits per heavy atom. The minimum atomic E-state index is 0.797. The van der Waals surface area contributed by atoms with Crippen molar-refractivity contribution in [1.82, 2.24) is 5.32 Å². The second-order valence-electron chi connectivity index (χ2n) is 4.66. The SMILES string of the molecule is CSC1CCC(NC2CSCC2C)C1. The molecule has 0 spiro atoms. The number of hydrogen-bond donors (Lipinski definition) is 1. The summed E-state index contributed by atoms with van der Waals surface area (Å²) in [4.78, 5) is 0. The maximum Gasteiger partial charge on any atom is 0.0194 e. The molecule has 1 aliphatic heterocycles. The highest BCUT2D eigenvalue weighted by atomic mass is 32.2. The van der Waals surface area contributed by atoms with E-state index in [9.17, 15) is 0 Å². The van der Waals surface area contributed by atoms with Crippen LogP contribution in [0.15, 0.2) is 0 Å². The number of thioether (sulfide) groups is 2. The van der Waals surface area contributed by atoms with Crippen molar-refractivity contribution >= 4 is 23.5 Å². The molecular formula is C11H21NS2. The molecule has 0 aromatic heterocycles. The van der Waals surface area contributed by atoms with E-state index >= 15 is 0 Å². The van der Waals surface area contributed by atoms with E-state index in [1.54, 1.807) is 0 Å². The van der Waals surface area contributed by atoms with Crippen molar-refractivity contribution in [2.24, 2.45) is 5.92 Å². The van der Waals surface area contributed by atoms with Gasteiger partial charge in [-0.2, -0.15) is 23.5 Å². The van der Waals surface area contributed by atoms with Gasteiger partial charge in [-0.05, 0) is 37.2 Å². The quantitative estimate of drug-likeness (QED) is 0.802. The summed E-state index contributed by atoms with van der Waals surface area (Å²) >= 11 is 4.16. The van der Waals surface area contributed by atoms with Crippen molar-refractivity contribution in [3.63, 3.8) is 0 Å². The zero-order valence-electron chi connectivity index (χ0n) is 9.16. The molecule has 82 valence electrons. The van der Waals surface area contributed by atoms with Gasteiger partial charge in [0.2, 0.25) is 0 Å². The molecule has 2 aliphatic rings. The first-order valence-electron chi connectivity index (χ1n) is 5.66. The first kappa shape index (κ1) is 11.2. The fraction of sp³-hybridized carbons (Fsp3) is 1.00. The third kappa shape index (κ3) is 2.61. The first-order valence-corrected chi connectivity index (χ1v) is 8.10. The van der Waals surface area contributed by atoms with Crippen LogP contribution in [0.4, 0.5) is 0 Å². The Kier molecular flexibility index (Phi) is 4.09. The Morgan fingerprint density at radius 3 is 2.71 bits per heavy atom. The van der Waals surface area contributed by atoms with Gasteiger partial charge in [-0.15, -0.1) is 0 Å². The molecule has 0 bridgehead atoms. The number of nitrogens with one attached hydrogen (secondary N) is 1. The van der Waals surface area contributed by atoms with E-state index in [0.717, 1.165) is 23.3 Å². The number of rotatable bonds is 3. The van der Waals surface area contributed by atoms with Crippen LogP contribution in [0.1, 0.15) is 26.2 Å². The summed E-state index contributed by atoms with van der Waals surface area (Å²) in [5.74, 6) is 3.58. The minimum Gasteiger partial charge on any atom is -0.310 e. The van der Waals surface area contributed by atoms with E-state index in [2.05, 4.69) is 30.3 Å². The molecule has 1 heterocycles. The Labute approximate surface area is 96.2 Å². The monoisotopic (exact) mass is 231 g/mol. The van der Waals surface area contributed by atoms with Crippen molar-refractivity contribution in [3.8, 4) is 0 Å². The Hall–Kier alpha value is 0.660. The van der Waals surface area contributed by atoms with E-state index in [4.69, 9.17) is 0 Å². The van der Waals surface area contributed by atoms with Gasteiger partial charge in [0, 0.05) is 23.1 Å². The molecule has 4 atom stereocenters. The molecule has 1 nitrogen and oxygen atoms in total. The molecule has 0 aromatic carbocycles. The Morgan fingerprint density at radius 1 is 1.29 bits per heavy atom. The molecule has 1 aliphatic carbocycles. The lowest BCUT2D eigenvalue weighted by molar-refractivity contribution is 0.394. The normalized spacial score (nSPS) is 43.3. The largest absolute Gasteiger partial charge is 0.310 e. The van der Waals surface area contributed by atoms with Crippen molar-refractivity contribution in [3.05, 3.63) is 0 Å². The first-order chi connectivity index (χ1) is 6.79. The van der Waals surface area contributed by atoms with E-state index in [1.807, 2.05) is 11.8 Å². The van der Waals surface area contributed by atoms with Crippen LogP contribution < -0.4 is 5.32 Å². The molecule has 2 rings (SSSR count). The van der Waals surface area contributed by atoms with E-state index in [0.29, 0.717) is 0 Å². The van der Waals surface area contributed by atoms with Crippen molar-refractivity contribution in [2.45, 2.75) is 43.5 Å². The lowest BCUT2D eigenvalue weighted by atomic mass is 10.1. The highest BCUT2D eigenvalue weighted by molar-refractivity contribution is 7.99. The van der Waals surface area contributed by atoms with E-state index in [1.165, 1.54) is 30.8 Å². The molecule has 0 radical (unpaired) electrons. The van der Waals surface area contributed by atoms with Crippen LogP contribution in [0.25, 0.3) is 0 Å². The highest BCUT2D eigenvalue weighted by Crippen LogP contribution is 2.30. The fourth-order valence-corrected chi connectivity index (χ4v) is 4.70. The average molecular weight is 231 g/mol. The van der Waals surface area contributed by atoms with Crippen molar-refractivity contribution < 1.29 is 0 Å². The lowest BCUT2D eigenvalue weighted by Gasteiger charge is -2.21. The average Bonchev–Trinajstić information content (AvgIpc) is 2.77. The van der Waals surface area contributed by atoms with Gasteiger partial charge in [0.1, 0.15) is 0 Å². The topological polar surface area (TPSA) is 12.0 Å². The highest BCUT2D eigenvalue weighted by Gasteiger charge is 2.30. The third-order valence-corrected chi connectivity index (χ3v) is 5.98. The Balaban J connectivity index is 1.75. The minimum absolute atomic E-state index is 0.797. The van der Waals surface area contributed by atoms with Gasteiger partial charge < -0.3 is 5.32 Å². The molecular weight excluding hydrogens is 210 g/mol. The summed E-state index contributed by atoms with van der Waals surface area (Å²) in [6.45, 7) is 2.39. The summed E-state index contributed by atoms with van der Waals surface area (Å²) in [6, 6.07) is 1.62. The smallest absolute Gasteiger partial charge is 0.0194 e.